The highest BCUT2D eigenvalue weighted by Gasteiger charge is 2.29. The van der Waals surface area contributed by atoms with Crippen molar-refractivity contribution in [3.8, 4) is 0 Å². The molecule has 5 heteroatoms. The number of carboxylic acids is 1. The highest BCUT2D eigenvalue weighted by molar-refractivity contribution is 5.79. The number of carbonyl (C=O) groups is 1. The molecule has 2 aromatic heterocycles. The molecule has 3 heterocycles. The molecule has 0 bridgehead atoms. The summed E-state index contributed by atoms with van der Waals surface area (Å²) in [5, 5.41) is 10.3. The highest BCUT2D eigenvalue weighted by Crippen LogP contribution is 2.20. The number of nitrogens with one attached hydrogen (secondary N) is 1. The van der Waals surface area contributed by atoms with Crippen LogP contribution in [-0.2, 0) is 11.2 Å². The number of hydrogen-bond donors (Lipinski definition) is 2. The van der Waals surface area contributed by atoms with Crippen molar-refractivity contribution in [3.63, 3.8) is 0 Å². The third kappa shape index (κ3) is 2.33. The van der Waals surface area contributed by atoms with Crippen molar-refractivity contribution in [3.05, 3.63) is 30.1 Å². The maximum Gasteiger partial charge on any atom is 0.320 e. The summed E-state index contributed by atoms with van der Waals surface area (Å²) in [5.41, 5.74) is 2.10. The Balaban J connectivity index is 1.71. The number of rotatable bonds is 4. The van der Waals surface area contributed by atoms with Crippen LogP contribution in [-0.4, -0.2) is 45.1 Å². The van der Waals surface area contributed by atoms with Gasteiger partial charge in [-0.05, 0) is 43.5 Å². The Bertz CT molecular complexity index is 593. The molecule has 0 radical (unpaired) electrons. The predicted octanol–water partition coefficient (Wildman–Crippen LogP) is 1.65. The molecule has 1 aliphatic rings. The topological polar surface area (TPSA) is 69.2 Å². The van der Waals surface area contributed by atoms with Gasteiger partial charge in [0.25, 0.3) is 0 Å². The van der Waals surface area contributed by atoms with Gasteiger partial charge >= 0.3 is 5.97 Å². The molecule has 0 amide bonds. The van der Waals surface area contributed by atoms with Gasteiger partial charge in [0.15, 0.2) is 0 Å². The van der Waals surface area contributed by atoms with E-state index in [0.29, 0.717) is 0 Å². The van der Waals surface area contributed by atoms with Crippen LogP contribution >= 0.6 is 0 Å². The van der Waals surface area contributed by atoms with Gasteiger partial charge < -0.3 is 10.1 Å². The van der Waals surface area contributed by atoms with Crippen LogP contribution in [0.4, 0.5) is 0 Å². The largest absolute Gasteiger partial charge is 0.480 e. The van der Waals surface area contributed by atoms with Gasteiger partial charge in [-0.3, -0.25) is 9.69 Å². The molecule has 1 saturated heterocycles. The quantitative estimate of drug-likeness (QED) is 0.876. The molecule has 19 heavy (non-hydrogen) atoms. The Hall–Kier alpha value is -1.88. The fourth-order valence-corrected chi connectivity index (χ4v) is 2.86. The van der Waals surface area contributed by atoms with Crippen LogP contribution in [0.3, 0.4) is 0 Å². The predicted molar refractivity (Wildman–Crippen MR) is 72.0 cm³/mol. The lowest BCUT2D eigenvalue weighted by Gasteiger charge is -2.20. The van der Waals surface area contributed by atoms with Crippen molar-refractivity contribution in [2.75, 3.05) is 13.1 Å². The van der Waals surface area contributed by atoms with E-state index >= 15 is 0 Å². The number of aromatic amines is 1. The van der Waals surface area contributed by atoms with E-state index in [2.05, 4.69) is 14.9 Å². The number of carboxylic acid groups (broad SMARTS) is 1. The van der Waals surface area contributed by atoms with E-state index in [1.807, 2.05) is 18.3 Å². The molecule has 0 unspecified atom stereocenters. The summed E-state index contributed by atoms with van der Waals surface area (Å²) in [5.74, 6) is -0.696. The molecule has 0 spiro atoms. The molecular weight excluding hydrogens is 242 g/mol. The smallest absolute Gasteiger partial charge is 0.320 e. The zero-order valence-electron chi connectivity index (χ0n) is 10.7. The molecule has 0 aliphatic carbocycles. The second-order valence-corrected chi connectivity index (χ2v) is 5.00. The molecular formula is C14H17N3O2. The molecule has 1 fully saturated rings. The number of hydrogen-bond acceptors (Lipinski definition) is 3. The summed E-state index contributed by atoms with van der Waals surface area (Å²) in [4.78, 5) is 20.6. The average molecular weight is 259 g/mol. The van der Waals surface area contributed by atoms with Crippen LogP contribution in [0.15, 0.2) is 24.5 Å². The Labute approximate surface area is 111 Å². The van der Waals surface area contributed by atoms with Crippen molar-refractivity contribution in [1.29, 1.82) is 0 Å². The third-order valence-electron chi connectivity index (χ3n) is 3.85. The van der Waals surface area contributed by atoms with Gasteiger partial charge in [0.2, 0.25) is 0 Å². The molecule has 5 nitrogen and oxygen atoms in total. The molecule has 1 aliphatic heterocycles. The summed E-state index contributed by atoms with van der Waals surface area (Å²) in [6.07, 6.45) is 6.35. The Morgan fingerprint density at radius 1 is 1.58 bits per heavy atom. The maximum absolute atomic E-state index is 11.1. The van der Waals surface area contributed by atoms with Gasteiger partial charge in [0, 0.05) is 24.3 Å². The van der Waals surface area contributed by atoms with E-state index in [-0.39, 0.29) is 6.04 Å². The summed E-state index contributed by atoms with van der Waals surface area (Å²) in [7, 11) is 0. The summed E-state index contributed by atoms with van der Waals surface area (Å²) >= 11 is 0. The first-order chi connectivity index (χ1) is 9.25. The van der Waals surface area contributed by atoms with E-state index in [4.69, 9.17) is 5.11 Å². The van der Waals surface area contributed by atoms with Gasteiger partial charge in [0.05, 0.1) is 0 Å². The normalized spacial score (nSPS) is 20.1. The molecule has 0 aromatic carbocycles. The molecule has 1 atom stereocenters. The molecule has 0 saturated carbocycles. The Morgan fingerprint density at radius 3 is 3.32 bits per heavy atom. The van der Waals surface area contributed by atoms with Crippen LogP contribution < -0.4 is 0 Å². The van der Waals surface area contributed by atoms with Gasteiger partial charge in [-0.1, -0.05) is 0 Å². The van der Waals surface area contributed by atoms with E-state index in [9.17, 15) is 4.79 Å². The monoisotopic (exact) mass is 259 g/mol. The highest BCUT2D eigenvalue weighted by atomic mass is 16.4. The number of aromatic nitrogens is 2. The molecule has 2 aromatic rings. The number of nitrogens with zero attached hydrogens (tertiary/aromatic N) is 2. The van der Waals surface area contributed by atoms with Gasteiger partial charge in [-0.2, -0.15) is 0 Å². The summed E-state index contributed by atoms with van der Waals surface area (Å²) in [6, 6.07) is 3.67. The molecule has 3 rings (SSSR count). The average Bonchev–Trinajstić information content (AvgIpc) is 3.03. The van der Waals surface area contributed by atoms with Crippen LogP contribution in [0.5, 0.6) is 0 Å². The zero-order chi connectivity index (χ0) is 13.2. The van der Waals surface area contributed by atoms with E-state index in [1.54, 1.807) is 6.20 Å². The summed E-state index contributed by atoms with van der Waals surface area (Å²) < 4.78 is 0. The third-order valence-corrected chi connectivity index (χ3v) is 3.85. The minimum Gasteiger partial charge on any atom is -0.480 e. The van der Waals surface area contributed by atoms with E-state index < -0.39 is 5.97 Å². The first kappa shape index (κ1) is 12.2. The second-order valence-electron chi connectivity index (χ2n) is 5.00. The second kappa shape index (κ2) is 5.01. The van der Waals surface area contributed by atoms with Crippen LogP contribution in [0.2, 0.25) is 0 Å². The van der Waals surface area contributed by atoms with Crippen molar-refractivity contribution < 1.29 is 9.90 Å². The van der Waals surface area contributed by atoms with Crippen LogP contribution in [0.1, 0.15) is 18.4 Å². The fourth-order valence-electron chi connectivity index (χ4n) is 2.86. The first-order valence-electron chi connectivity index (χ1n) is 6.63. The van der Waals surface area contributed by atoms with E-state index in [1.165, 1.54) is 5.56 Å². The van der Waals surface area contributed by atoms with Crippen molar-refractivity contribution >= 4 is 17.0 Å². The van der Waals surface area contributed by atoms with Gasteiger partial charge in [-0.25, -0.2) is 4.98 Å². The Kier molecular flexibility index (Phi) is 3.21. The van der Waals surface area contributed by atoms with Crippen molar-refractivity contribution in [2.24, 2.45) is 0 Å². The standard InChI is InChI=1S/C14H17N3O2/c18-14(19)12-4-2-7-17(12)8-5-10-9-16-13-11(10)3-1-6-15-13/h1,3,6,9,12H,2,4-5,7-8H2,(H,15,16)(H,18,19)/t12-/m0/s1. The molecule has 100 valence electrons. The van der Waals surface area contributed by atoms with Crippen molar-refractivity contribution in [1.82, 2.24) is 14.9 Å². The van der Waals surface area contributed by atoms with Gasteiger partial charge in [0.1, 0.15) is 11.7 Å². The lowest BCUT2D eigenvalue weighted by molar-refractivity contribution is -0.142. The molecule has 2 N–H and O–H groups in total. The first-order valence-corrected chi connectivity index (χ1v) is 6.63. The minimum absolute atomic E-state index is 0.302. The summed E-state index contributed by atoms with van der Waals surface area (Å²) in [6.45, 7) is 1.68. The SMILES string of the molecule is O=C(O)[C@@H]1CCCN1CCc1c[nH]c2ncccc12. The van der Waals surface area contributed by atoms with Gasteiger partial charge in [-0.15, -0.1) is 0 Å². The minimum atomic E-state index is -0.696. The lowest BCUT2D eigenvalue weighted by atomic mass is 10.1. The number of fused-ring (bicyclic) bond motifs is 1. The number of pyridine rings is 1. The number of aliphatic carboxylic acids is 1. The lowest BCUT2D eigenvalue weighted by Crippen LogP contribution is -2.37. The maximum atomic E-state index is 11.1. The van der Waals surface area contributed by atoms with Crippen LogP contribution in [0, 0.1) is 0 Å². The number of H-pyrrole nitrogens is 1. The van der Waals surface area contributed by atoms with Crippen molar-refractivity contribution in [2.45, 2.75) is 25.3 Å². The fraction of sp³-hybridized carbons (Fsp3) is 0.429. The van der Waals surface area contributed by atoms with Crippen LogP contribution in [0.25, 0.3) is 11.0 Å². The number of likely N-dealkylation sites (tertiary alicyclic amines) is 1. The van der Waals surface area contributed by atoms with E-state index in [0.717, 1.165) is 43.4 Å². The zero-order valence-corrected chi connectivity index (χ0v) is 10.7. The Morgan fingerprint density at radius 2 is 2.47 bits per heavy atom.